The molecule has 1 N–H and O–H groups in total. The number of likely N-dealkylation sites (N-methyl/N-ethyl adjacent to an activating group) is 1. The molecule has 0 spiro atoms. The summed E-state index contributed by atoms with van der Waals surface area (Å²) in [6, 6.07) is 10.5. The van der Waals surface area contributed by atoms with Gasteiger partial charge in [0, 0.05) is 44.8 Å². The Labute approximate surface area is 177 Å². The largest absolute Gasteiger partial charge is 0.493 e. The second-order valence-corrected chi connectivity index (χ2v) is 9.04. The molecular weight excluding hydrogens is 409 g/mol. The Bertz CT molecular complexity index is 945. The smallest absolute Gasteiger partial charge is 0.240 e. The highest BCUT2D eigenvalue weighted by molar-refractivity contribution is 7.89. The number of hydrogen-bond donors (Lipinski definition) is 1. The highest BCUT2D eigenvalue weighted by atomic mass is 32.2. The number of piperazine rings is 1. The van der Waals surface area contributed by atoms with E-state index in [1.54, 1.807) is 18.2 Å². The van der Waals surface area contributed by atoms with Gasteiger partial charge in [0.1, 0.15) is 5.82 Å². The van der Waals surface area contributed by atoms with Crippen LogP contribution in [-0.4, -0.2) is 72.2 Å². The van der Waals surface area contributed by atoms with Crippen molar-refractivity contribution in [1.82, 2.24) is 14.5 Å². The zero-order valence-electron chi connectivity index (χ0n) is 17.5. The number of methoxy groups -OCH3 is 2. The summed E-state index contributed by atoms with van der Waals surface area (Å²) in [7, 11) is 1.24. The van der Waals surface area contributed by atoms with Crippen LogP contribution in [0, 0.1) is 5.82 Å². The van der Waals surface area contributed by atoms with E-state index < -0.39 is 10.0 Å². The summed E-state index contributed by atoms with van der Waals surface area (Å²) in [4.78, 5) is 4.55. The van der Waals surface area contributed by atoms with Crippen molar-refractivity contribution in [3.05, 3.63) is 53.8 Å². The molecule has 2 aromatic carbocycles. The lowest BCUT2D eigenvalue weighted by Gasteiger charge is -2.38. The Morgan fingerprint density at radius 1 is 1.00 bits per heavy atom. The quantitative estimate of drug-likeness (QED) is 0.682. The molecule has 1 unspecified atom stereocenters. The topological polar surface area (TPSA) is 71.1 Å². The van der Waals surface area contributed by atoms with Crippen LogP contribution in [0.2, 0.25) is 0 Å². The maximum absolute atomic E-state index is 13.4. The van der Waals surface area contributed by atoms with Crippen molar-refractivity contribution in [2.45, 2.75) is 10.9 Å². The van der Waals surface area contributed by atoms with Gasteiger partial charge in [-0.15, -0.1) is 0 Å². The molecule has 164 valence electrons. The van der Waals surface area contributed by atoms with Crippen LogP contribution in [0.3, 0.4) is 0 Å². The third kappa shape index (κ3) is 5.28. The summed E-state index contributed by atoms with van der Waals surface area (Å²) < 4.78 is 52.4. The molecule has 9 heteroatoms. The molecule has 1 aliphatic heterocycles. The lowest BCUT2D eigenvalue weighted by Crippen LogP contribution is -2.48. The van der Waals surface area contributed by atoms with Crippen LogP contribution in [-0.2, 0) is 10.0 Å². The first-order chi connectivity index (χ1) is 14.3. The standard InChI is InChI=1S/C21H28FN3O4S/c1-24-10-12-25(13-11-24)19(16-4-6-17(22)7-5-16)15-23-30(26,27)18-8-9-20(28-2)21(14-18)29-3/h4-9,14,19,23H,10-13,15H2,1-3H3. The van der Waals surface area contributed by atoms with Crippen LogP contribution in [0.1, 0.15) is 11.6 Å². The van der Waals surface area contributed by atoms with E-state index in [1.807, 2.05) is 0 Å². The summed E-state index contributed by atoms with van der Waals surface area (Å²) >= 11 is 0. The molecular formula is C21H28FN3O4S. The number of benzene rings is 2. The van der Waals surface area contributed by atoms with Gasteiger partial charge in [-0.1, -0.05) is 12.1 Å². The fraction of sp³-hybridized carbons (Fsp3) is 0.429. The summed E-state index contributed by atoms with van der Waals surface area (Å²) in [5, 5.41) is 0. The molecule has 1 fully saturated rings. The maximum Gasteiger partial charge on any atom is 0.240 e. The van der Waals surface area contributed by atoms with Gasteiger partial charge in [-0.2, -0.15) is 0 Å². The predicted octanol–water partition coefficient (Wildman–Crippen LogP) is 2.11. The Kier molecular flexibility index (Phi) is 7.30. The molecule has 1 aliphatic rings. The van der Waals surface area contributed by atoms with Crippen molar-refractivity contribution in [2.24, 2.45) is 0 Å². The molecule has 1 atom stereocenters. The molecule has 0 aromatic heterocycles. The number of hydrogen-bond acceptors (Lipinski definition) is 6. The number of rotatable bonds is 8. The van der Waals surface area contributed by atoms with E-state index in [2.05, 4.69) is 21.6 Å². The minimum atomic E-state index is -3.78. The van der Waals surface area contributed by atoms with Crippen molar-refractivity contribution in [1.29, 1.82) is 0 Å². The number of nitrogens with zero attached hydrogens (tertiary/aromatic N) is 2. The summed E-state index contributed by atoms with van der Waals surface area (Å²) in [6.45, 7) is 3.56. The van der Waals surface area contributed by atoms with Crippen LogP contribution in [0.15, 0.2) is 47.4 Å². The van der Waals surface area contributed by atoms with Gasteiger partial charge in [0.25, 0.3) is 0 Å². The summed E-state index contributed by atoms with van der Waals surface area (Å²) in [5.74, 6) is 0.481. The first kappa shape index (κ1) is 22.5. The van der Waals surface area contributed by atoms with Gasteiger partial charge in [-0.3, -0.25) is 4.90 Å². The maximum atomic E-state index is 13.4. The van der Waals surface area contributed by atoms with Crippen LogP contribution >= 0.6 is 0 Å². The Morgan fingerprint density at radius 3 is 2.23 bits per heavy atom. The summed E-state index contributed by atoms with van der Waals surface area (Å²) in [5.41, 5.74) is 0.871. The molecule has 30 heavy (non-hydrogen) atoms. The van der Waals surface area contributed by atoms with Crippen LogP contribution < -0.4 is 14.2 Å². The van der Waals surface area contributed by atoms with Crippen LogP contribution in [0.25, 0.3) is 0 Å². The molecule has 3 rings (SSSR count). The Morgan fingerprint density at radius 2 is 1.63 bits per heavy atom. The van der Waals surface area contributed by atoms with E-state index in [9.17, 15) is 12.8 Å². The van der Waals surface area contributed by atoms with Gasteiger partial charge in [0.15, 0.2) is 11.5 Å². The second-order valence-electron chi connectivity index (χ2n) is 7.28. The number of ether oxygens (including phenoxy) is 2. The van der Waals surface area contributed by atoms with Crippen LogP contribution in [0.5, 0.6) is 11.5 Å². The van der Waals surface area contributed by atoms with Crippen molar-refractivity contribution in [2.75, 3.05) is 54.0 Å². The van der Waals surface area contributed by atoms with E-state index in [4.69, 9.17) is 9.47 Å². The molecule has 1 heterocycles. The summed E-state index contributed by atoms with van der Waals surface area (Å²) in [6.07, 6.45) is 0. The molecule has 0 saturated carbocycles. The molecule has 0 aliphatic carbocycles. The average Bonchev–Trinajstić information content (AvgIpc) is 2.75. The Balaban J connectivity index is 1.81. The van der Waals surface area contributed by atoms with Gasteiger partial charge in [-0.25, -0.2) is 17.5 Å². The van der Waals surface area contributed by atoms with E-state index in [0.29, 0.717) is 11.5 Å². The molecule has 0 bridgehead atoms. The number of halogens is 1. The van der Waals surface area contributed by atoms with Gasteiger partial charge in [0.05, 0.1) is 19.1 Å². The van der Waals surface area contributed by atoms with Gasteiger partial charge < -0.3 is 14.4 Å². The van der Waals surface area contributed by atoms with E-state index in [-0.39, 0.29) is 23.3 Å². The van der Waals surface area contributed by atoms with Crippen molar-refractivity contribution in [3.8, 4) is 11.5 Å². The monoisotopic (exact) mass is 437 g/mol. The van der Waals surface area contributed by atoms with Gasteiger partial charge in [-0.05, 0) is 36.9 Å². The van der Waals surface area contributed by atoms with E-state index >= 15 is 0 Å². The number of nitrogens with one attached hydrogen (secondary N) is 1. The minimum absolute atomic E-state index is 0.0939. The van der Waals surface area contributed by atoms with E-state index in [0.717, 1.165) is 31.7 Å². The molecule has 7 nitrogen and oxygen atoms in total. The lowest BCUT2D eigenvalue weighted by molar-refractivity contribution is 0.113. The number of sulfonamides is 1. The molecule has 2 aromatic rings. The Hall–Kier alpha value is -2.20. The third-order valence-corrected chi connectivity index (χ3v) is 6.79. The van der Waals surface area contributed by atoms with Crippen molar-refractivity contribution in [3.63, 3.8) is 0 Å². The lowest BCUT2D eigenvalue weighted by atomic mass is 10.0. The van der Waals surface area contributed by atoms with Crippen molar-refractivity contribution >= 4 is 10.0 Å². The SMILES string of the molecule is COc1ccc(S(=O)(=O)NCC(c2ccc(F)cc2)N2CCN(C)CC2)cc1OC. The average molecular weight is 438 g/mol. The second kappa shape index (κ2) is 9.74. The minimum Gasteiger partial charge on any atom is -0.493 e. The fourth-order valence-electron chi connectivity index (χ4n) is 3.53. The van der Waals surface area contributed by atoms with Crippen LogP contribution in [0.4, 0.5) is 4.39 Å². The molecule has 0 amide bonds. The predicted molar refractivity (Wildman–Crippen MR) is 113 cm³/mol. The fourth-order valence-corrected chi connectivity index (χ4v) is 4.59. The first-order valence-electron chi connectivity index (χ1n) is 9.74. The van der Waals surface area contributed by atoms with E-state index in [1.165, 1.54) is 38.5 Å². The highest BCUT2D eigenvalue weighted by Crippen LogP contribution is 2.30. The molecule has 0 radical (unpaired) electrons. The normalized spacial score (nSPS) is 16.9. The van der Waals surface area contributed by atoms with Gasteiger partial charge >= 0.3 is 0 Å². The zero-order chi connectivity index (χ0) is 21.7. The first-order valence-corrected chi connectivity index (χ1v) is 11.2. The zero-order valence-corrected chi connectivity index (χ0v) is 18.3. The highest BCUT2D eigenvalue weighted by Gasteiger charge is 2.26. The molecule has 1 saturated heterocycles. The van der Waals surface area contributed by atoms with Crippen molar-refractivity contribution < 1.29 is 22.3 Å². The van der Waals surface area contributed by atoms with Gasteiger partial charge in [0.2, 0.25) is 10.0 Å². The third-order valence-electron chi connectivity index (χ3n) is 5.37.